The summed E-state index contributed by atoms with van der Waals surface area (Å²) in [5.41, 5.74) is 0. The molecule has 1 fully saturated rings. The van der Waals surface area contributed by atoms with Crippen LogP contribution >= 0.6 is 0 Å². The summed E-state index contributed by atoms with van der Waals surface area (Å²) in [4.78, 5) is 24.6. The van der Waals surface area contributed by atoms with Crippen LogP contribution in [0.3, 0.4) is 0 Å². The molecule has 0 saturated carbocycles. The molecule has 5 heteroatoms. The van der Waals surface area contributed by atoms with Crippen LogP contribution in [-0.2, 0) is 14.3 Å². The number of esters is 1. The van der Waals surface area contributed by atoms with Gasteiger partial charge in [0.1, 0.15) is 0 Å². The van der Waals surface area contributed by atoms with E-state index in [-0.39, 0.29) is 18.0 Å². The number of likely N-dealkylation sites (tertiary alicyclic amines) is 1. The molecule has 5 nitrogen and oxygen atoms in total. The largest absolute Gasteiger partial charge is 0.465 e. The van der Waals surface area contributed by atoms with E-state index in [9.17, 15) is 9.59 Å². The summed E-state index contributed by atoms with van der Waals surface area (Å²) in [5, 5.41) is 0. The van der Waals surface area contributed by atoms with E-state index in [0.717, 1.165) is 25.7 Å². The van der Waals surface area contributed by atoms with E-state index in [1.54, 1.807) is 4.90 Å². The van der Waals surface area contributed by atoms with Crippen LogP contribution in [0.15, 0.2) is 0 Å². The standard InChI is InChI=1S/C13H23NO4/c1-3-5-7-17-12(15)11-9-14(10-11)13(16)18-8-6-4-2/h11H,3-10H2,1-2H3. The van der Waals surface area contributed by atoms with Crippen LogP contribution in [0.25, 0.3) is 0 Å². The number of ether oxygens (including phenoxy) is 2. The number of hydrogen-bond donors (Lipinski definition) is 0. The second-order valence-corrected chi connectivity index (χ2v) is 4.59. The van der Waals surface area contributed by atoms with E-state index in [0.29, 0.717) is 26.3 Å². The lowest BCUT2D eigenvalue weighted by molar-refractivity contribution is -0.153. The smallest absolute Gasteiger partial charge is 0.409 e. The highest BCUT2D eigenvalue weighted by Crippen LogP contribution is 2.18. The van der Waals surface area contributed by atoms with E-state index < -0.39 is 0 Å². The zero-order chi connectivity index (χ0) is 13.4. The molecule has 0 aliphatic carbocycles. The first-order valence-corrected chi connectivity index (χ1v) is 6.77. The predicted molar refractivity (Wildman–Crippen MR) is 67.2 cm³/mol. The molecule has 1 heterocycles. The maximum Gasteiger partial charge on any atom is 0.409 e. The molecule has 0 bridgehead atoms. The monoisotopic (exact) mass is 257 g/mol. The van der Waals surface area contributed by atoms with Crippen molar-refractivity contribution in [3.05, 3.63) is 0 Å². The summed E-state index contributed by atoms with van der Waals surface area (Å²) in [6.45, 7) is 5.88. The van der Waals surface area contributed by atoms with Gasteiger partial charge in [-0.2, -0.15) is 0 Å². The normalized spacial score (nSPS) is 15.1. The average molecular weight is 257 g/mol. The van der Waals surface area contributed by atoms with Crippen molar-refractivity contribution in [1.82, 2.24) is 4.90 Å². The molecule has 0 aromatic heterocycles. The Morgan fingerprint density at radius 3 is 2.17 bits per heavy atom. The Bertz CT molecular complexity index is 248. The first kappa shape index (κ1) is 14.8. The highest BCUT2D eigenvalue weighted by Gasteiger charge is 2.37. The second kappa shape index (κ2) is 7.95. The van der Waals surface area contributed by atoms with Gasteiger partial charge in [-0.15, -0.1) is 0 Å². The van der Waals surface area contributed by atoms with Crippen LogP contribution in [0.4, 0.5) is 4.79 Å². The van der Waals surface area contributed by atoms with Gasteiger partial charge in [-0.1, -0.05) is 26.7 Å². The minimum Gasteiger partial charge on any atom is -0.465 e. The van der Waals surface area contributed by atoms with E-state index in [1.165, 1.54) is 0 Å². The van der Waals surface area contributed by atoms with Gasteiger partial charge in [-0.25, -0.2) is 4.79 Å². The van der Waals surface area contributed by atoms with Crippen LogP contribution in [-0.4, -0.2) is 43.3 Å². The number of hydrogen-bond acceptors (Lipinski definition) is 4. The van der Waals surface area contributed by atoms with Gasteiger partial charge in [-0.05, 0) is 12.8 Å². The minimum atomic E-state index is -0.318. The van der Waals surface area contributed by atoms with Crippen LogP contribution < -0.4 is 0 Å². The van der Waals surface area contributed by atoms with Crippen LogP contribution in [0, 0.1) is 5.92 Å². The van der Waals surface area contributed by atoms with Crippen molar-refractivity contribution >= 4 is 12.1 Å². The first-order valence-electron chi connectivity index (χ1n) is 6.77. The van der Waals surface area contributed by atoms with Crippen molar-refractivity contribution in [2.75, 3.05) is 26.3 Å². The zero-order valence-corrected chi connectivity index (χ0v) is 11.3. The van der Waals surface area contributed by atoms with E-state index in [2.05, 4.69) is 0 Å². The molecular weight excluding hydrogens is 234 g/mol. The Hall–Kier alpha value is -1.26. The van der Waals surface area contributed by atoms with Crippen molar-refractivity contribution in [3.63, 3.8) is 0 Å². The van der Waals surface area contributed by atoms with Crippen molar-refractivity contribution in [3.8, 4) is 0 Å². The number of rotatable bonds is 7. The molecule has 104 valence electrons. The Balaban J connectivity index is 2.11. The molecule has 1 amide bonds. The number of nitrogens with zero attached hydrogens (tertiary/aromatic N) is 1. The summed E-state index contributed by atoms with van der Waals surface area (Å²) in [5.74, 6) is -0.360. The molecule has 1 aliphatic heterocycles. The number of carbonyl (C=O) groups excluding carboxylic acids is 2. The van der Waals surface area contributed by atoms with Crippen molar-refractivity contribution < 1.29 is 19.1 Å². The highest BCUT2D eigenvalue weighted by atomic mass is 16.6. The third kappa shape index (κ3) is 4.55. The fraction of sp³-hybridized carbons (Fsp3) is 0.846. The number of unbranched alkanes of at least 4 members (excludes halogenated alkanes) is 2. The molecule has 0 atom stereocenters. The molecule has 0 aromatic rings. The third-order valence-electron chi connectivity index (χ3n) is 2.94. The fourth-order valence-electron chi connectivity index (χ4n) is 1.61. The lowest BCUT2D eigenvalue weighted by atomic mass is 10.0. The molecule has 0 radical (unpaired) electrons. The van der Waals surface area contributed by atoms with Gasteiger partial charge >= 0.3 is 12.1 Å². The molecule has 0 N–H and O–H groups in total. The van der Waals surface area contributed by atoms with Gasteiger partial charge in [0.2, 0.25) is 0 Å². The molecule has 0 aromatic carbocycles. The molecular formula is C13H23NO4. The minimum absolute atomic E-state index is 0.166. The third-order valence-corrected chi connectivity index (χ3v) is 2.94. The Labute approximate surface area is 108 Å². The summed E-state index contributed by atoms with van der Waals surface area (Å²) in [6, 6.07) is 0. The molecule has 0 unspecified atom stereocenters. The quantitative estimate of drug-likeness (QED) is 0.518. The van der Waals surface area contributed by atoms with E-state index >= 15 is 0 Å². The molecule has 18 heavy (non-hydrogen) atoms. The Morgan fingerprint density at radius 1 is 1.06 bits per heavy atom. The van der Waals surface area contributed by atoms with E-state index in [1.807, 2.05) is 13.8 Å². The van der Waals surface area contributed by atoms with Gasteiger partial charge in [0.25, 0.3) is 0 Å². The summed E-state index contributed by atoms with van der Waals surface area (Å²) >= 11 is 0. The van der Waals surface area contributed by atoms with Gasteiger partial charge in [0.05, 0.1) is 19.1 Å². The maximum absolute atomic E-state index is 11.5. The maximum atomic E-state index is 11.5. The molecule has 1 aliphatic rings. The summed E-state index contributed by atoms with van der Waals surface area (Å²) < 4.78 is 10.1. The lowest BCUT2D eigenvalue weighted by Crippen LogP contribution is -2.53. The Morgan fingerprint density at radius 2 is 1.61 bits per heavy atom. The SMILES string of the molecule is CCCCOC(=O)C1CN(C(=O)OCCCC)C1. The first-order chi connectivity index (χ1) is 8.69. The summed E-state index contributed by atoms with van der Waals surface area (Å²) in [6.07, 6.45) is 3.46. The summed E-state index contributed by atoms with van der Waals surface area (Å²) in [7, 11) is 0. The topological polar surface area (TPSA) is 55.8 Å². The number of amides is 1. The van der Waals surface area contributed by atoms with Gasteiger partial charge in [-0.3, -0.25) is 4.79 Å². The van der Waals surface area contributed by atoms with Gasteiger partial charge in [0.15, 0.2) is 0 Å². The molecule has 0 spiro atoms. The Kier molecular flexibility index (Phi) is 6.54. The van der Waals surface area contributed by atoms with Gasteiger partial charge < -0.3 is 14.4 Å². The van der Waals surface area contributed by atoms with Crippen LogP contribution in [0.2, 0.25) is 0 Å². The number of carbonyl (C=O) groups is 2. The highest BCUT2D eigenvalue weighted by molar-refractivity contribution is 5.78. The lowest BCUT2D eigenvalue weighted by Gasteiger charge is -2.36. The second-order valence-electron chi connectivity index (χ2n) is 4.59. The van der Waals surface area contributed by atoms with Crippen LogP contribution in [0.5, 0.6) is 0 Å². The zero-order valence-electron chi connectivity index (χ0n) is 11.3. The predicted octanol–water partition coefficient (Wildman–Crippen LogP) is 2.20. The van der Waals surface area contributed by atoms with E-state index in [4.69, 9.17) is 9.47 Å². The average Bonchev–Trinajstić information content (AvgIpc) is 2.28. The van der Waals surface area contributed by atoms with Crippen molar-refractivity contribution in [2.45, 2.75) is 39.5 Å². The fourth-order valence-corrected chi connectivity index (χ4v) is 1.61. The van der Waals surface area contributed by atoms with Crippen molar-refractivity contribution in [2.24, 2.45) is 5.92 Å². The van der Waals surface area contributed by atoms with Gasteiger partial charge in [0, 0.05) is 13.1 Å². The van der Waals surface area contributed by atoms with Crippen LogP contribution in [0.1, 0.15) is 39.5 Å². The molecule has 1 rings (SSSR count). The van der Waals surface area contributed by atoms with Crippen molar-refractivity contribution in [1.29, 1.82) is 0 Å². The molecule has 1 saturated heterocycles.